The fourth-order valence-corrected chi connectivity index (χ4v) is 4.30. The van der Waals surface area contributed by atoms with E-state index in [1.807, 2.05) is 35.8 Å². The highest BCUT2D eigenvalue weighted by atomic mass is 32.2. The molecule has 8 nitrogen and oxygen atoms in total. The Morgan fingerprint density at radius 2 is 2.08 bits per heavy atom. The van der Waals surface area contributed by atoms with Crippen LogP contribution in [0.2, 0.25) is 0 Å². The number of nitrogens with zero attached hydrogens (tertiary/aromatic N) is 3. The van der Waals surface area contributed by atoms with Crippen LogP contribution in [0.25, 0.3) is 11.0 Å². The predicted molar refractivity (Wildman–Crippen MR) is 98.2 cm³/mol. The van der Waals surface area contributed by atoms with E-state index in [0.717, 1.165) is 16.9 Å². The molecule has 0 aliphatic carbocycles. The molecule has 1 aromatic carbocycles. The van der Waals surface area contributed by atoms with Gasteiger partial charge in [0.2, 0.25) is 15.9 Å². The molecule has 1 N–H and O–H groups in total. The molecule has 1 aromatic heterocycles. The van der Waals surface area contributed by atoms with Gasteiger partial charge in [-0.15, -0.1) is 0 Å². The Labute approximate surface area is 153 Å². The smallest absolute Gasteiger partial charge is 0.240 e. The van der Waals surface area contributed by atoms with Crippen LogP contribution in [0.3, 0.4) is 0 Å². The molecule has 1 aliphatic heterocycles. The minimum Gasteiger partial charge on any atom is -0.379 e. The molecule has 2 atom stereocenters. The molecular weight excluding hydrogens is 356 g/mol. The number of rotatable bonds is 6. The van der Waals surface area contributed by atoms with Gasteiger partial charge < -0.3 is 14.6 Å². The van der Waals surface area contributed by atoms with E-state index in [1.165, 1.54) is 18.4 Å². The molecule has 1 fully saturated rings. The minimum atomic E-state index is -3.35. The lowest BCUT2D eigenvalue weighted by Gasteiger charge is -2.21. The second kappa shape index (κ2) is 7.34. The summed E-state index contributed by atoms with van der Waals surface area (Å²) < 4.78 is 32.7. The van der Waals surface area contributed by atoms with Gasteiger partial charge in [0.15, 0.2) is 0 Å². The summed E-state index contributed by atoms with van der Waals surface area (Å²) in [7, 11) is -0.338. The quantitative estimate of drug-likeness (QED) is 0.781. The standard InChI is InChI=1S/C17H24N4O4S/c1-12-18-14-6-4-5-7-16(14)21(12)8-17(22)19-15-10-25-9-13(15)11-26(23,24)20(2)3/h4-7,13,15H,8-11H2,1-3H3,(H,19,22)/t13-,15+/m0/s1. The Morgan fingerprint density at radius 3 is 2.81 bits per heavy atom. The van der Waals surface area contributed by atoms with E-state index in [0.29, 0.717) is 13.2 Å². The van der Waals surface area contributed by atoms with Gasteiger partial charge in [0.1, 0.15) is 12.4 Å². The van der Waals surface area contributed by atoms with E-state index in [-0.39, 0.29) is 30.2 Å². The molecular formula is C17H24N4O4S. The van der Waals surface area contributed by atoms with Crippen LogP contribution in [0.1, 0.15) is 5.82 Å². The molecule has 0 bridgehead atoms. The normalized spacial score (nSPS) is 20.8. The summed E-state index contributed by atoms with van der Waals surface area (Å²) in [5, 5.41) is 2.93. The summed E-state index contributed by atoms with van der Waals surface area (Å²) in [6.07, 6.45) is 0. The molecule has 0 saturated carbocycles. The first kappa shape index (κ1) is 18.8. The van der Waals surface area contributed by atoms with Crippen LogP contribution in [-0.4, -0.2) is 67.3 Å². The van der Waals surface area contributed by atoms with E-state index in [2.05, 4.69) is 10.3 Å². The lowest BCUT2D eigenvalue weighted by atomic mass is 10.1. The number of sulfonamides is 1. The van der Waals surface area contributed by atoms with Crippen molar-refractivity contribution in [1.82, 2.24) is 19.2 Å². The summed E-state index contributed by atoms with van der Waals surface area (Å²) in [5.41, 5.74) is 1.74. The Morgan fingerprint density at radius 1 is 1.35 bits per heavy atom. The fourth-order valence-electron chi connectivity index (χ4n) is 3.13. The lowest BCUT2D eigenvalue weighted by molar-refractivity contribution is -0.122. The van der Waals surface area contributed by atoms with Crippen molar-refractivity contribution in [3.63, 3.8) is 0 Å². The predicted octanol–water partition coefficient (Wildman–Crippen LogP) is 0.367. The molecule has 9 heteroatoms. The second-order valence-corrected chi connectivity index (χ2v) is 8.99. The number of aryl methyl sites for hydroxylation is 1. The van der Waals surface area contributed by atoms with Crippen LogP contribution in [0.5, 0.6) is 0 Å². The number of aromatic nitrogens is 2. The Kier molecular flexibility index (Phi) is 5.31. The van der Waals surface area contributed by atoms with Crippen LogP contribution in [0.15, 0.2) is 24.3 Å². The number of para-hydroxylation sites is 2. The van der Waals surface area contributed by atoms with Crippen LogP contribution in [0.4, 0.5) is 0 Å². The van der Waals surface area contributed by atoms with Gasteiger partial charge in [-0.1, -0.05) is 12.1 Å². The summed E-state index contributed by atoms with van der Waals surface area (Å²) >= 11 is 0. The zero-order chi connectivity index (χ0) is 18.9. The Bertz CT molecular complexity index is 907. The van der Waals surface area contributed by atoms with Gasteiger partial charge in [0, 0.05) is 20.0 Å². The molecule has 2 heterocycles. The van der Waals surface area contributed by atoms with E-state index < -0.39 is 10.0 Å². The van der Waals surface area contributed by atoms with Crippen molar-refractivity contribution in [2.24, 2.45) is 5.92 Å². The number of nitrogens with one attached hydrogen (secondary N) is 1. The van der Waals surface area contributed by atoms with Crippen LogP contribution in [0, 0.1) is 12.8 Å². The minimum absolute atomic E-state index is 0.0437. The van der Waals surface area contributed by atoms with Crippen LogP contribution < -0.4 is 5.32 Å². The molecule has 26 heavy (non-hydrogen) atoms. The highest BCUT2D eigenvalue weighted by Crippen LogP contribution is 2.18. The first-order valence-electron chi connectivity index (χ1n) is 8.47. The van der Waals surface area contributed by atoms with Crippen molar-refractivity contribution in [2.75, 3.05) is 33.1 Å². The molecule has 1 aliphatic rings. The van der Waals surface area contributed by atoms with Crippen LogP contribution in [-0.2, 0) is 26.1 Å². The third-order valence-electron chi connectivity index (χ3n) is 4.67. The molecule has 3 rings (SSSR count). The van der Waals surface area contributed by atoms with E-state index in [9.17, 15) is 13.2 Å². The number of amides is 1. The van der Waals surface area contributed by atoms with Crippen LogP contribution >= 0.6 is 0 Å². The van der Waals surface area contributed by atoms with Crippen molar-refractivity contribution in [2.45, 2.75) is 19.5 Å². The molecule has 0 spiro atoms. The SMILES string of the molecule is Cc1nc2ccccc2n1CC(=O)N[C@@H]1COC[C@H]1CS(=O)(=O)N(C)C. The van der Waals surface area contributed by atoms with Gasteiger partial charge in [0.25, 0.3) is 0 Å². The highest BCUT2D eigenvalue weighted by Gasteiger charge is 2.34. The molecule has 0 radical (unpaired) electrons. The zero-order valence-electron chi connectivity index (χ0n) is 15.2. The van der Waals surface area contributed by atoms with Crippen molar-refractivity contribution in [3.8, 4) is 0 Å². The van der Waals surface area contributed by atoms with Crippen molar-refractivity contribution in [1.29, 1.82) is 0 Å². The fraction of sp³-hybridized carbons (Fsp3) is 0.529. The topological polar surface area (TPSA) is 93.5 Å². The monoisotopic (exact) mass is 380 g/mol. The maximum Gasteiger partial charge on any atom is 0.240 e. The Balaban J connectivity index is 1.68. The average Bonchev–Trinajstić information content (AvgIpc) is 3.12. The largest absolute Gasteiger partial charge is 0.379 e. The first-order chi connectivity index (χ1) is 12.3. The zero-order valence-corrected chi connectivity index (χ0v) is 16.0. The average molecular weight is 380 g/mol. The van der Waals surface area contributed by atoms with Gasteiger partial charge >= 0.3 is 0 Å². The summed E-state index contributed by atoms with van der Waals surface area (Å²) in [4.78, 5) is 17.0. The van der Waals surface area contributed by atoms with Gasteiger partial charge in [-0.05, 0) is 19.1 Å². The maximum absolute atomic E-state index is 12.5. The van der Waals surface area contributed by atoms with Gasteiger partial charge in [-0.2, -0.15) is 0 Å². The van der Waals surface area contributed by atoms with Crippen molar-refractivity contribution < 1.29 is 17.9 Å². The maximum atomic E-state index is 12.5. The number of carbonyl (C=O) groups excluding carboxylic acids is 1. The van der Waals surface area contributed by atoms with Gasteiger partial charge in [0.05, 0.1) is 36.0 Å². The number of fused-ring (bicyclic) bond motifs is 1. The van der Waals surface area contributed by atoms with Gasteiger partial charge in [-0.25, -0.2) is 17.7 Å². The number of ether oxygens (including phenoxy) is 1. The molecule has 0 unspecified atom stereocenters. The van der Waals surface area contributed by atoms with Gasteiger partial charge in [-0.3, -0.25) is 4.79 Å². The third kappa shape index (κ3) is 3.89. The summed E-state index contributed by atoms with van der Waals surface area (Å²) in [6, 6.07) is 7.33. The molecule has 142 valence electrons. The van der Waals surface area contributed by atoms with E-state index in [4.69, 9.17) is 4.74 Å². The molecule has 2 aromatic rings. The lowest BCUT2D eigenvalue weighted by Crippen LogP contribution is -2.44. The molecule has 1 saturated heterocycles. The summed E-state index contributed by atoms with van der Waals surface area (Å²) in [5.74, 6) is 0.277. The number of hydrogen-bond acceptors (Lipinski definition) is 5. The number of imidazole rings is 1. The first-order valence-corrected chi connectivity index (χ1v) is 10.1. The third-order valence-corrected chi connectivity index (χ3v) is 6.63. The van der Waals surface area contributed by atoms with E-state index >= 15 is 0 Å². The highest BCUT2D eigenvalue weighted by molar-refractivity contribution is 7.89. The van der Waals surface area contributed by atoms with Crippen molar-refractivity contribution in [3.05, 3.63) is 30.1 Å². The molecule has 1 amide bonds. The summed E-state index contributed by atoms with van der Waals surface area (Å²) in [6.45, 7) is 2.64. The number of benzene rings is 1. The Hall–Kier alpha value is -1.97. The van der Waals surface area contributed by atoms with Crippen molar-refractivity contribution >= 4 is 27.0 Å². The van der Waals surface area contributed by atoms with E-state index in [1.54, 1.807) is 0 Å². The number of carbonyl (C=O) groups is 1. The number of hydrogen-bond donors (Lipinski definition) is 1. The second-order valence-electron chi connectivity index (χ2n) is 6.77.